The number of rotatable bonds is 5. The summed E-state index contributed by atoms with van der Waals surface area (Å²) in [4.78, 5) is 39.1. The highest BCUT2D eigenvalue weighted by molar-refractivity contribution is 6.46. The molecule has 3 amide bonds. The predicted molar refractivity (Wildman–Crippen MR) is 121 cm³/mol. The monoisotopic (exact) mass is 429 g/mol. The topological polar surface area (TPSA) is 78.5 Å². The van der Waals surface area contributed by atoms with Gasteiger partial charge >= 0.3 is 0 Å². The summed E-state index contributed by atoms with van der Waals surface area (Å²) >= 11 is 0. The van der Waals surface area contributed by atoms with Crippen molar-refractivity contribution in [2.45, 2.75) is 13.8 Å². The summed E-state index contributed by atoms with van der Waals surface area (Å²) in [5.74, 6) is -1.71. The lowest BCUT2D eigenvalue weighted by Crippen LogP contribution is -2.32. The second-order valence-electron chi connectivity index (χ2n) is 7.37. The van der Waals surface area contributed by atoms with Crippen LogP contribution in [0.25, 0.3) is 5.57 Å². The molecule has 0 bridgehead atoms. The highest BCUT2D eigenvalue weighted by Gasteiger charge is 2.40. The largest absolute Gasteiger partial charge is 0.350 e. The summed E-state index contributed by atoms with van der Waals surface area (Å²) in [5, 5.41) is 5.75. The Morgan fingerprint density at radius 2 is 1.53 bits per heavy atom. The molecule has 0 radical (unpaired) electrons. The highest BCUT2D eigenvalue weighted by Crippen LogP contribution is 2.34. The van der Waals surface area contributed by atoms with Crippen LogP contribution >= 0.6 is 0 Å². The molecule has 3 aromatic rings. The van der Waals surface area contributed by atoms with Crippen molar-refractivity contribution < 1.29 is 18.8 Å². The maximum Gasteiger partial charge on any atom is 0.282 e. The van der Waals surface area contributed by atoms with Gasteiger partial charge in [0.2, 0.25) is 5.91 Å². The predicted octanol–water partition coefficient (Wildman–Crippen LogP) is 4.49. The summed E-state index contributed by atoms with van der Waals surface area (Å²) < 4.78 is 13.5. The van der Waals surface area contributed by atoms with Gasteiger partial charge in [0.1, 0.15) is 11.5 Å². The lowest BCUT2D eigenvalue weighted by Gasteiger charge is -2.16. The molecule has 0 fully saturated rings. The van der Waals surface area contributed by atoms with Crippen molar-refractivity contribution in [3.8, 4) is 0 Å². The molecule has 6 nitrogen and oxygen atoms in total. The van der Waals surface area contributed by atoms with Gasteiger partial charge < -0.3 is 10.6 Å². The minimum atomic E-state index is -0.523. The standard InChI is InChI=1S/C25H20FN3O3/c1-15-5-3-4-6-21(15)28-23-22(17-7-9-18(26)10-8-17)24(31)29(25(23)32)20-13-11-19(12-14-20)27-16(2)30/h3-14,28H,1-2H3,(H,27,30). The normalized spacial score (nSPS) is 13.5. The number of imide groups is 1. The number of hydrogen-bond donors (Lipinski definition) is 2. The first-order valence-corrected chi connectivity index (χ1v) is 9.94. The lowest BCUT2D eigenvalue weighted by molar-refractivity contribution is -0.120. The molecule has 0 aliphatic carbocycles. The Morgan fingerprint density at radius 1 is 0.875 bits per heavy atom. The van der Waals surface area contributed by atoms with Crippen molar-refractivity contribution in [1.29, 1.82) is 0 Å². The summed E-state index contributed by atoms with van der Waals surface area (Å²) in [6.07, 6.45) is 0. The average Bonchev–Trinajstić information content (AvgIpc) is 3.00. The van der Waals surface area contributed by atoms with Crippen molar-refractivity contribution in [3.63, 3.8) is 0 Å². The molecule has 0 saturated carbocycles. The van der Waals surface area contributed by atoms with Crippen LogP contribution in [0.2, 0.25) is 0 Å². The molecular weight excluding hydrogens is 409 g/mol. The first-order chi connectivity index (χ1) is 15.3. The fourth-order valence-electron chi connectivity index (χ4n) is 3.51. The van der Waals surface area contributed by atoms with Crippen molar-refractivity contribution in [1.82, 2.24) is 0 Å². The van der Waals surface area contributed by atoms with Gasteiger partial charge in [0, 0.05) is 18.3 Å². The third-order valence-corrected chi connectivity index (χ3v) is 5.07. The molecule has 1 aliphatic heterocycles. The van der Waals surface area contributed by atoms with E-state index in [2.05, 4.69) is 10.6 Å². The molecule has 1 heterocycles. The third kappa shape index (κ3) is 4.00. The van der Waals surface area contributed by atoms with Crippen molar-refractivity contribution >= 4 is 40.4 Å². The minimum Gasteiger partial charge on any atom is -0.350 e. The van der Waals surface area contributed by atoms with E-state index in [1.807, 2.05) is 31.2 Å². The number of halogens is 1. The molecule has 0 unspecified atom stereocenters. The molecule has 1 aliphatic rings. The molecule has 3 aromatic carbocycles. The Balaban J connectivity index is 1.76. The molecule has 32 heavy (non-hydrogen) atoms. The summed E-state index contributed by atoms with van der Waals surface area (Å²) in [6, 6.07) is 19.2. The fourth-order valence-corrected chi connectivity index (χ4v) is 3.51. The molecule has 0 spiro atoms. The number of nitrogens with one attached hydrogen (secondary N) is 2. The lowest BCUT2D eigenvalue weighted by atomic mass is 10.0. The number of benzene rings is 3. The molecular formula is C25H20FN3O3. The zero-order chi connectivity index (χ0) is 22.8. The fraction of sp³-hybridized carbons (Fsp3) is 0.0800. The summed E-state index contributed by atoms with van der Waals surface area (Å²) in [5.41, 5.74) is 3.19. The second-order valence-corrected chi connectivity index (χ2v) is 7.37. The van der Waals surface area contributed by atoms with Gasteiger partial charge in [-0.3, -0.25) is 14.4 Å². The number of hydrogen-bond acceptors (Lipinski definition) is 4. The van der Waals surface area contributed by atoms with E-state index in [1.165, 1.54) is 31.2 Å². The van der Waals surface area contributed by atoms with Crippen LogP contribution in [0.3, 0.4) is 0 Å². The number of aryl methyl sites for hydroxylation is 1. The number of para-hydroxylation sites is 1. The molecule has 7 heteroatoms. The van der Waals surface area contributed by atoms with Crippen molar-refractivity contribution in [2.75, 3.05) is 15.5 Å². The van der Waals surface area contributed by atoms with E-state index in [9.17, 15) is 18.8 Å². The first kappa shape index (κ1) is 21.0. The summed E-state index contributed by atoms with van der Waals surface area (Å²) in [6.45, 7) is 3.28. The maximum absolute atomic E-state index is 13.5. The maximum atomic E-state index is 13.5. The van der Waals surface area contributed by atoms with Crippen LogP contribution in [-0.4, -0.2) is 17.7 Å². The number of carbonyl (C=O) groups is 3. The van der Waals surface area contributed by atoms with Crippen molar-refractivity contribution in [2.24, 2.45) is 0 Å². The van der Waals surface area contributed by atoms with E-state index >= 15 is 0 Å². The number of nitrogens with zero attached hydrogens (tertiary/aromatic N) is 1. The van der Waals surface area contributed by atoms with Gasteiger partial charge in [-0.15, -0.1) is 0 Å². The quantitative estimate of drug-likeness (QED) is 0.586. The van der Waals surface area contributed by atoms with E-state index in [0.717, 1.165) is 10.5 Å². The number of carbonyl (C=O) groups excluding carboxylic acids is 3. The van der Waals surface area contributed by atoms with E-state index in [-0.39, 0.29) is 17.2 Å². The Hall–Kier alpha value is -4.26. The zero-order valence-corrected chi connectivity index (χ0v) is 17.5. The van der Waals surface area contributed by atoms with E-state index in [0.29, 0.717) is 22.6 Å². The zero-order valence-electron chi connectivity index (χ0n) is 17.5. The van der Waals surface area contributed by atoms with Crippen LogP contribution in [-0.2, 0) is 14.4 Å². The van der Waals surface area contributed by atoms with Gasteiger partial charge in [-0.2, -0.15) is 0 Å². The van der Waals surface area contributed by atoms with Crippen LogP contribution in [0.4, 0.5) is 21.5 Å². The first-order valence-electron chi connectivity index (χ1n) is 9.94. The average molecular weight is 429 g/mol. The third-order valence-electron chi connectivity index (χ3n) is 5.07. The van der Waals surface area contributed by atoms with Gasteiger partial charge in [0.25, 0.3) is 11.8 Å². The van der Waals surface area contributed by atoms with Crippen LogP contribution < -0.4 is 15.5 Å². The van der Waals surface area contributed by atoms with Crippen LogP contribution in [0.5, 0.6) is 0 Å². The van der Waals surface area contributed by atoms with Gasteiger partial charge in [0.05, 0.1) is 11.3 Å². The molecule has 4 rings (SSSR count). The van der Waals surface area contributed by atoms with E-state index < -0.39 is 17.6 Å². The van der Waals surface area contributed by atoms with Gasteiger partial charge in [-0.25, -0.2) is 9.29 Å². The van der Waals surface area contributed by atoms with Crippen molar-refractivity contribution in [3.05, 3.63) is 95.4 Å². The molecule has 160 valence electrons. The molecule has 0 atom stereocenters. The van der Waals surface area contributed by atoms with Crippen LogP contribution in [0.1, 0.15) is 18.1 Å². The van der Waals surface area contributed by atoms with Gasteiger partial charge in [-0.05, 0) is 60.5 Å². The van der Waals surface area contributed by atoms with E-state index in [1.54, 1.807) is 24.3 Å². The SMILES string of the molecule is CC(=O)Nc1ccc(N2C(=O)C(Nc3ccccc3C)=C(c3ccc(F)cc3)C2=O)cc1. The van der Waals surface area contributed by atoms with E-state index in [4.69, 9.17) is 0 Å². The Kier molecular flexibility index (Phi) is 5.55. The van der Waals surface area contributed by atoms with Gasteiger partial charge in [-0.1, -0.05) is 30.3 Å². The Morgan fingerprint density at radius 3 is 2.16 bits per heavy atom. The van der Waals surface area contributed by atoms with Crippen LogP contribution in [0, 0.1) is 12.7 Å². The summed E-state index contributed by atoms with van der Waals surface area (Å²) in [7, 11) is 0. The second kappa shape index (κ2) is 8.47. The minimum absolute atomic E-state index is 0.113. The smallest absolute Gasteiger partial charge is 0.282 e. The molecule has 0 saturated heterocycles. The molecule has 0 aromatic heterocycles. The highest BCUT2D eigenvalue weighted by atomic mass is 19.1. The Bertz CT molecular complexity index is 1250. The Labute approximate surface area is 184 Å². The number of amides is 3. The van der Waals surface area contributed by atoms with Gasteiger partial charge in [0.15, 0.2) is 0 Å². The molecule has 2 N–H and O–H groups in total. The van der Waals surface area contributed by atoms with Crippen LogP contribution in [0.15, 0.2) is 78.5 Å². The number of anilines is 3.